The Bertz CT molecular complexity index is 1040. The van der Waals surface area contributed by atoms with Crippen molar-refractivity contribution in [3.05, 3.63) is 47.9 Å². The maximum absolute atomic E-state index is 12.9. The number of carbonyl (C=O) groups is 1. The zero-order valence-corrected chi connectivity index (χ0v) is 14.7. The minimum absolute atomic E-state index is 0.163. The van der Waals surface area contributed by atoms with E-state index in [0.29, 0.717) is 30.2 Å². The number of nitrogens with one attached hydrogen (secondary N) is 1. The van der Waals surface area contributed by atoms with E-state index in [2.05, 4.69) is 15.4 Å². The van der Waals surface area contributed by atoms with Crippen molar-refractivity contribution in [2.45, 2.75) is 12.3 Å². The fourth-order valence-electron chi connectivity index (χ4n) is 2.74. The molecule has 1 aliphatic rings. The number of fused-ring (bicyclic) bond motifs is 1. The van der Waals surface area contributed by atoms with Crippen LogP contribution in [0, 0.1) is 0 Å². The zero-order chi connectivity index (χ0) is 19.9. The van der Waals surface area contributed by atoms with Gasteiger partial charge in [0.2, 0.25) is 0 Å². The molecule has 0 aliphatic carbocycles. The predicted octanol–water partition coefficient (Wildman–Crippen LogP) is 3.02. The molecule has 1 aliphatic heterocycles. The number of halogens is 3. The molecule has 3 aromatic rings. The van der Waals surface area contributed by atoms with Crippen LogP contribution in [0.1, 0.15) is 16.2 Å². The van der Waals surface area contributed by atoms with Gasteiger partial charge in [-0.3, -0.25) is 9.48 Å². The van der Waals surface area contributed by atoms with Crippen LogP contribution >= 0.6 is 0 Å². The van der Waals surface area contributed by atoms with E-state index in [1.54, 1.807) is 30.1 Å². The van der Waals surface area contributed by atoms with Crippen molar-refractivity contribution in [3.8, 4) is 5.75 Å². The molecule has 0 spiro atoms. The topological polar surface area (TPSA) is 78.3 Å². The minimum Gasteiger partial charge on any atom is -0.483 e. The average molecular weight is 392 g/mol. The SMILES string of the molecule is Cn1cc2cc(NC(=O)c3cccc(C(F)(F)F)n3)c(OC3COC3)cc2n1. The number of nitrogens with zero attached hydrogens (tertiary/aromatic N) is 3. The molecule has 4 rings (SSSR count). The van der Waals surface area contributed by atoms with Gasteiger partial charge in [0.1, 0.15) is 23.2 Å². The molecule has 1 saturated heterocycles. The first-order valence-corrected chi connectivity index (χ1v) is 8.37. The number of hydrogen-bond donors (Lipinski definition) is 1. The van der Waals surface area contributed by atoms with Gasteiger partial charge in [-0.25, -0.2) is 4.98 Å². The first-order chi connectivity index (χ1) is 13.3. The van der Waals surface area contributed by atoms with Crippen LogP contribution in [0.5, 0.6) is 5.75 Å². The van der Waals surface area contributed by atoms with Crippen LogP contribution in [-0.2, 0) is 18.0 Å². The highest BCUT2D eigenvalue weighted by atomic mass is 19.4. The molecule has 0 atom stereocenters. The van der Waals surface area contributed by atoms with Crippen LogP contribution in [0.3, 0.4) is 0 Å². The van der Waals surface area contributed by atoms with Gasteiger partial charge < -0.3 is 14.8 Å². The van der Waals surface area contributed by atoms with Crippen LogP contribution in [-0.4, -0.2) is 40.0 Å². The molecule has 2 aromatic heterocycles. The monoisotopic (exact) mass is 392 g/mol. The second-order valence-electron chi connectivity index (χ2n) is 6.35. The maximum atomic E-state index is 12.9. The molecule has 0 saturated carbocycles. The molecular formula is C18H15F3N4O3. The number of alkyl halides is 3. The van der Waals surface area contributed by atoms with E-state index >= 15 is 0 Å². The number of ether oxygens (including phenoxy) is 2. The number of rotatable bonds is 4. The van der Waals surface area contributed by atoms with Crippen LogP contribution in [0.15, 0.2) is 36.5 Å². The number of pyridine rings is 1. The smallest absolute Gasteiger partial charge is 0.433 e. The third-order valence-electron chi connectivity index (χ3n) is 4.14. The molecule has 1 fully saturated rings. The number of benzene rings is 1. The van der Waals surface area contributed by atoms with E-state index in [1.807, 2.05) is 0 Å². The quantitative estimate of drug-likeness (QED) is 0.739. The van der Waals surface area contributed by atoms with Gasteiger partial charge in [-0.15, -0.1) is 0 Å². The average Bonchev–Trinajstić information content (AvgIpc) is 2.96. The number of aryl methyl sites for hydroxylation is 1. The van der Waals surface area contributed by atoms with Gasteiger partial charge in [0.25, 0.3) is 5.91 Å². The first-order valence-electron chi connectivity index (χ1n) is 8.37. The Hall–Kier alpha value is -3.14. The molecule has 1 aromatic carbocycles. The molecule has 146 valence electrons. The normalized spacial score (nSPS) is 14.7. The summed E-state index contributed by atoms with van der Waals surface area (Å²) in [5.41, 5.74) is -0.505. The van der Waals surface area contributed by atoms with Gasteiger partial charge in [-0.05, 0) is 18.2 Å². The van der Waals surface area contributed by atoms with Crippen LogP contribution in [0.25, 0.3) is 10.9 Å². The van der Waals surface area contributed by atoms with Crippen molar-refractivity contribution in [1.29, 1.82) is 0 Å². The van der Waals surface area contributed by atoms with Gasteiger partial charge in [0, 0.05) is 24.7 Å². The maximum Gasteiger partial charge on any atom is 0.433 e. The summed E-state index contributed by atoms with van der Waals surface area (Å²) in [5.74, 6) is -0.413. The third kappa shape index (κ3) is 3.63. The molecule has 0 unspecified atom stereocenters. The Labute approximate surface area is 157 Å². The molecular weight excluding hydrogens is 377 g/mol. The van der Waals surface area contributed by atoms with E-state index in [-0.39, 0.29) is 11.8 Å². The van der Waals surface area contributed by atoms with Crippen molar-refractivity contribution >= 4 is 22.5 Å². The van der Waals surface area contributed by atoms with Gasteiger partial charge in [0.15, 0.2) is 0 Å². The zero-order valence-electron chi connectivity index (χ0n) is 14.7. The Kier molecular flexibility index (Phi) is 4.42. The van der Waals surface area contributed by atoms with Crippen molar-refractivity contribution in [2.75, 3.05) is 18.5 Å². The summed E-state index contributed by atoms with van der Waals surface area (Å²) in [4.78, 5) is 15.9. The predicted molar refractivity (Wildman–Crippen MR) is 93.1 cm³/mol. The number of carbonyl (C=O) groups excluding carboxylic acids is 1. The van der Waals surface area contributed by atoms with E-state index in [0.717, 1.165) is 17.5 Å². The minimum atomic E-state index is -4.64. The van der Waals surface area contributed by atoms with Gasteiger partial charge in [0.05, 0.1) is 24.4 Å². The second-order valence-corrected chi connectivity index (χ2v) is 6.35. The molecule has 1 amide bonds. The molecule has 7 nitrogen and oxygen atoms in total. The first kappa shape index (κ1) is 18.2. The fourth-order valence-corrected chi connectivity index (χ4v) is 2.74. The van der Waals surface area contributed by atoms with Gasteiger partial charge in [-0.1, -0.05) is 6.07 Å². The molecule has 10 heteroatoms. The molecule has 3 heterocycles. The number of hydrogen-bond acceptors (Lipinski definition) is 5. The van der Waals surface area contributed by atoms with Gasteiger partial charge in [-0.2, -0.15) is 18.3 Å². The van der Waals surface area contributed by atoms with Crippen molar-refractivity contribution in [3.63, 3.8) is 0 Å². The molecule has 0 bridgehead atoms. The standard InChI is InChI=1S/C18H15F3N4O3/c1-25-7-10-5-14(15(6-13(10)24-25)28-11-8-27-9-11)23-17(26)12-3-2-4-16(22-12)18(19,20)21/h2-7,11H,8-9H2,1H3,(H,23,26). The van der Waals surface area contributed by atoms with E-state index in [1.165, 1.54) is 6.07 Å². The largest absolute Gasteiger partial charge is 0.483 e. The molecule has 0 radical (unpaired) electrons. The lowest BCUT2D eigenvalue weighted by Gasteiger charge is -2.27. The Balaban J connectivity index is 1.65. The Morgan fingerprint density at radius 3 is 2.79 bits per heavy atom. The summed E-state index contributed by atoms with van der Waals surface area (Å²) in [6, 6.07) is 6.49. The van der Waals surface area contributed by atoms with Crippen molar-refractivity contribution in [1.82, 2.24) is 14.8 Å². The lowest BCUT2D eigenvalue weighted by Crippen LogP contribution is -2.38. The number of aromatic nitrogens is 3. The van der Waals surface area contributed by atoms with E-state index in [4.69, 9.17) is 9.47 Å². The summed E-state index contributed by atoms with van der Waals surface area (Å²) >= 11 is 0. The summed E-state index contributed by atoms with van der Waals surface area (Å²) in [5, 5.41) is 7.63. The highest BCUT2D eigenvalue weighted by molar-refractivity contribution is 6.05. The summed E-state index contributed by atoms with van der Waals surface area (Å²) in [6.07, 6.45) is -3.05. The number of anilines is 1. The van der Waals surface area contributed by atoms with Crippen LogP contribution in [0.2, 0.25) is 0 Å². The Morgan fingerprint density at radius 2 is 2.11 bits per heavy atom. The van der Waals surface area contributed by atoms with E-state index in [9.17, 15) is 18.0 Å². The molecule has 28 heavy (non-hydrogen) atoms. The van der Waals surface area contributed by atoms with Crippen LogP contribution in [0.4, 0.5) is 18.9 Å². The molecule has 1 N–H and O–H groups in total. The fraction of sp³-hybridized carbons (Fsp3) is 0.278. The third-order valence-corrected chi connectivity index (χ3v) is 4.14. The highest BCUT2D eigenvalue weighted by Gasteiger charge is 2.33. The highest BCUT2D eigenvalue weighted by Crippen LogP contribution is 2.32. The lowest BCUT2D eigenvalue weighted by molar-refractivity contribution is -0.141. The summed E-state index contributed by atoms with van der Waals surface area (Å²) < 4.78 is 51.1. The van der Waals surface area contributed by atoms with Crippen molar-refractivity contribution in [2.24, 2.45) is 7.05 Å². The van der Waals surface area contributed by atoms with E-state index < -0.39 is 17.8 Å². The summed E-state index contributed by atoms with van der Waals surface area (Å²) in [6.45, 7) is 0.839. The summed E-state index contributed by atoms with van der Waals surface area (Å²) in [7, 11) is 1.76. The van der Waals surface area contributed by atoms with Crippen LogP contribution < -0.4 is 10.1 Å². The number of amides is 1. The second kappa shape index (κ2) is 6.79. The Morgan fingerprint density at radius 1 is 1.32 bits per heavy atom. The lowest BCUT2D eigenvalue weighted by atomic mass is 10.2. The van der Waals surface area contributed by atoms with Crippen molar-refractivity contribution < 1.29 is 27.4 Å². The van der Waals surface area contributed by atoms with Gasteiger partial charge >= 0.3 is 6.18 Å².